The number of aryl methyl sites for hydroxylation is 2. The van der Waals surface area contributed by atoms with Crippen molar-refractivity contribution in [2.45, 2.75) is 33.4 Å². The van der Waals surface area contributed by atoms with Crippen LogP contribution in [0.5, 0.6) is 0 Å². The zero-order valence-electron chi connectivity index (χ0n) is 12.7. The lowest BCUT2D eigenvalue weighted by atomic mass is 10.2. The van der Waals surface area contributed by atoms with Crippen molar-refractivity contribution in [3.63, 3.8) is 0 Å². The molecule has 1 atom stereocenters. The number of carbonyl (C=O) groups is 1. The minimum atomic E-state index is -0.253. The van der Waals surface area contributed by atoms with Crippen molar-refractivity contribution >= 4 is 11.7 Å². The average Bonchev–Trinajstić information content (AvgIpc) is 3.09. The summed E-state index contributed by atoms with van der Waals surface area (Å²) in [7, 11) is 0. The molecule has 22 heavy (non-hydrogen) atoms. The van der Waals surface area contributed by atoms with Crippen molar-refractivity contribution in [1.29, 1.82) is 0 Å². The molecule has 8 nitrogen and oxygen atoms in total. The van der Waals surface area contributed by atoms with E-state index in [1.165, 1.54) is 6.33 Å². The summed E-state index contributed by atoms with van der Waals surface area (Å²) in [6, 6.07) is 1.51. The number of fused-ring (bicyclic) bond motifs is 1. The maximum absolute atomic E-state index is 12.6. The molecule has 0 saturated heterocycles. The molecule has 0 bridgehead atoms. The summed E-state index contributed by atoms with van der Waals surface area (Å²) >= 11 is 0. The number of aromatic nitrogens is 6. The lowest BCUT2D eigenvalue weighted by Crippen LogP contribution is -2.30. The largest absolute Gasteiger partial charge is 0.341 e. The van der Waals surface area contributed by atoms with Gasteiger partial charge >= 0.3 is 0 Å². The molecule has 8 heteroatoms. The second-order valence-electron chi connectivity index (χ2n) is 4.96. The first kappa shape index (κ1) is 14.2. The minimum absolute atomic E-state index is 0.212. The predicted octanol–water partition coefficient (Wildman–Crippen LogP) is 1.14. The van der Waals surface area contributed by atoms with Gasteiger partial charge in [0.25, 0.3) is 5.91 Å². The average molecular weight is 299 g/mol. The van der Waals surface area contributed by atoms with E-state index in [-0.39, 0.29) is 11.9 Å². The number of rotatable bonds is 4. The van der Waals surface area contributed by atoms with Crippen LogP contribution in [-0.2, 0) is 6.54 Å². The van der Waals surface area contributed by atoms with E-state index in [0.717, 1.165) is 5.82 Å². The third kappa shape index (κ3) is 2.32. The monoisotopic (exact) mass is 299 g/mol. The molecule has 114 valence electrons. The summed E-state index contributed by atoms with van der Waals surface area (Å²) in [5, 5.41) is 7.06. The number of carbonyl (C=O) groups excluding carboxylic acids is 1. The van der Waals surface area contributed by atoms with E-state index < -0.39 is 0 Å². The van der Waals surface area contributed by atoms with E-state index in [4.69, 9.17) is 0 Å². The first-order chi connectivity index (χ1) is 10.6. The molecular weight excluding hydrogens is 282 g/mol. The van der Waals surface area contributed by atoms with Crippen LogP contribution in [0.3, 0.4) is 0 Å². The highest BCUT2D eigenvalue weighted by molar-refractivity contribution is 5.94. The van der Waals surface area contributed by atoms with Gasteiger partial charge in [-0.05, 0) is 26.8 Å². The number of amides is 1. The maximum atomic E-state index is 12.6. The Morgan fingerprint density at radius 3 is 3.00 bits per heavy atom. The van der Waals surface area contributed by atoms with E-state index in [9.17, 15) is 4.79 Å². The summed E-state index contributed by atoms with van der Waals surface area (Å²) in [5.74, 6) is 1.02. The molecular formula is C14H17N7O. The van der Waals surface area contributed by atoms with Crippen molar-refractivity contribution in [3.8, 4) is 0 Å². The van der Waals surface area contributed by atoms with Crippen LogP contribution < -0.4 is 5.32 Å². The molecule has 1 unspecified atom stereocenters. The molecule has 3 aromatic rings. The molecule has 0 radical (unpaired) electrons. The van der Waals surface area contributed by atoms with Crippen LogP contribution in [0, 0.1) is 6.92 Å². The predicted molar refractivity (Wildman–Crippen MR) is 79.3 cm³/mol. The Hall–Kier alpha value is -2.77. The third-order valence-corrected chi connectivity index (χ3v) is 3.47. The Bertz CT molecular complexity index is 820. The van der Waals surface area contributed by atoms with Crippen LogP contribution in [0.4, 0.5) is 0 Å². The highest BCUT2D eigenvalue weighted by Crippen LogP contribution is 2.13. The summed E-state index contributed by atoms with van der Waals surface area (Å²) in [5.41, 5.74) is 1.12. The molecule has 3 rings (SSSR count). The van der Waals surface area contributed by atoms with E-state index in [2.05, 4.69) is 25.4 Å². The molecule has 1 amide bonds. The Balaban J connectivity index is 1.89. The molecule has 0 saturated carbocycles. The van der Waals surface area contributed by atoms with Gasteiger partial charge in [0.2, 0.25) is 5.78 Å². The lowest BCUT2D eigenvalue weighted by Gasteiger charge is -2.14. The highest BCUT2D eigenvalue weighted by Gasteiger charge is 2.21. The van der Waals surface area contributed by atoms with Gasteiger partial charge in [-0.25, -0.2) is 19.6 Å². The van der Waals surface area contributed by atoms with Crippen molar-refractivity contribution in [2.75, 3.05) is 0 Å². The Kier molecular flexibility index (Phi) is 3.58. The fraction of sp³-hybridized carbons (Fsp3) is 0.357. The summed E-state index contributed by atoms with van der Waals surface area (Å²) in [6.07, 6.45) is 4.91. The van der Waals surface area contributed by atoms with Crippen LogP contribution in [0.25, 0.3) is 5.78 Å². The zero-order valence-corrected chi connectivity index (χ0v) is 12.7. The molecule has 3 heterocycles. The number of hydrogen-bond acceptors (Lipinski definition) is 5. The minimum Gasteiger partial charge on any atom is -0.341 e. The fourth-order valence-electron chi connectivity index (χ4n) is 2.45. The summed E-state index contributed by atoms with van der Waals surface area (Å²) in [6.45, 7) is 6.36. The quantitative estimate of drug-likeness (QED) is 0.780. The van der Waals surface area contributed by atoms with Crippen molar-refractivity contribution < 1.29 is 4.79 Å². The first-order valence-electron chi connectivity index (χ1n) is 7.10. The van der Waals surface area contributed by atoms with E-state index >= 15 is 0 Å². The van der Waals surface area contributed by atoms with Gasteiger partial charge < -0.3 is 5.32 Å². The van der Waals surface area contributed by atoms with E-state index in [1.807, 2.05) is 13.8 Å². The second kappa shape index (κ2) is 5.55. The van der Waals surface area contributed by atoms with Crippen LogP contribution in [0.15, 0.2) is 24.8 Å². The second-order valence-corrected chi connectivity index (χ2v) is 4.96. The van der Waals surface area contributed by atoms with Gasteiger partial charge in [0, 0.05) is 18.9 Å². The van der Waals surface area contributed by atoms with Gasteiger partial charge in [-0.15, -0.1) is 0 Å². The summed E-state index contributed by atoms with van der Waals surface area (Å²) in [4.78, 5) is 25.2. The molecule has 0 spiro atoms. The van der Waals surface area contributed by atoms with Gasteiger partial charge in [-0.1, -0.05) is 0 Å². The molecule has 0 fully saturated rings. The van der Waals surface area contributed by atoms with Gasteiger partial charge in [-0.3, -0.25) is 9.20 Å². The van der Waals surface area contributed by atoms with Gasteiger partial charge in [0.1, 0.15) is 17.8 Å². The Morgan fingerprint density at radius 2 is 2.23 bits per heavy atom. The summed E-state index contributed by atoms with van der Waals surface area (Å²) < 4.78 is 3.44. The zero-order chi connectivity index (χ0) is 15.7. The highest BCUT2D eigenvalue weighted by atomic mass is 16.2. The Morgan fingerprint density at radius 1 is 1.41 bits per heavy atom. The third-order valence-electron chi connectivity index (χ3n) is 3.47. The van der Waals surface area contributed by atoms with E-state index in [1.54, 1.807) is 34.5 Å². The molecule has 0 aliphatic heterocycles. The maximum Gasteiger partial charge on any atom is 0.270 e. The number of hydrogen-bond donors (Lipinski definition) is 1. The van der Waals surface area contributed by atoms with Crippen molar-refractivity contribution in [1.82, 2.24) is 34.4 Å². The SMILES string of the molecule is CCn1ncnc1C(C)NC(=O)c1c(C)nc2ncccn12. The molecule has 0 aliphatic carbocycles. The smallest absolute Gasteiger partial charge is 0.270 e. The number of imidazole rings is 1. The van der Waals surface area contributed by atoms with Gasteiger partial charge in [0.05, 0.1) is 11.7 Å². The molecule has 0 aliphatic rings. The lowest BCUT2D eigenvalue weighted by molar-refractivity contribution is 0.0930. The number of nitrogens with one attached hydrogen (secondary N) is 1. The van der Waals surface area contributed by atoms with E-state index in [0.29, 0.717) is 23.7 Å². The molecule has 3 aromatic heterocycles. The van der Waals surface area contributed by atoms with Gasteiger partial charge in [-0.2, -0.15) is 5.10 Å². The fourth-order valence-corrected chi connectivity index (χ4v) is 2.45. The van der Waals surface area contributed by atoms with Crippen LogP contribution in [-0.4, -0.2) is 35.0 Å². The van der Waals surface area contributed by atoms with Crippen molar-refractivity contribution in [2.24, 2.45) is 0 Å². The van der Waals surface area contributed by atoms with Crippen LogP contribution in [0.2, 0.25) is 0 Å². The molecule has 0 aromatic carbocycles. The van der Waals surface area contributed by atoms with Crippen molar-refractivity contribution in [3.05, 3.63) is 42.0 Å². The standard InChI is InChI=1S/C14H17N7O/c1-4-21-12(16-8-17-21)10(3)18-13(22)11-9(2)19-14-15-6-5-7-20(11)14/h5-8,10H,4H2,1-3H3,(H,18,22). The molecule has 1 N–H and O–H groups in total. The normalized spacial score (nSPS) is 12.5. The van der Waals surface area contributed by atoms with Crippen LogP contribution >= 0.6 is 0 Å². The van der Waals surface area contributed by atoms with Gasteiger partial charge in [0.15, 0.2) is 0 Å². The Labute approximate surface area is 127 Å². The first-order valence-corrected chi connectivity index (χ1v) is 7.10. The topological polar surface area (TPSA) is 90.0 Å². The number of nitrogens with zero attached hydrogens (tertiary/aromatic N) is 6. The van der Waals surface area contributed by atoms with Crippen LogP contribution in [0.1, 0.15) is 41.9 Å².